The minimum absolute atomic E-state index is 0.879. The molecule has 0 radical (unpaired) electrons. The molecule has 0 saturated carbocycles. The molecule has 0 bridgehead atoms. The molecule has 1 aliphatic rings. The van der Waals surface area contributed by atoms with Gasteiger partial charge in [0.2, 0.25) is 0 Å². The first-order valence-electron chi connectivity index (χ1n) is 9.23. The van der Waals surface area contributed by atoms with Crippen LogP contribution in [0.4, 0.5) is 13.2 Å². The van der Waals surface area contributed by atoms with Crippen LogP contribution in [0.3, 0.4) is 0 Å². The molecule has 0 spiro atoms. The van der Waals surface area contributed by atoms with E-state index in [0.29, 0.717) is 0 Å². The summed E-state index contributed by atoms with van der Waals surface area (Å²) in [5, 5.41) is 0. The Hall–Kier alpha value is -0.630. The molecular formula is C17H32F3NO3S. The Morgan fingerprint density at radius 2 is 1.52 bits per heavy atom. The van der Waals surface area contributed by atoms with E-state index < -0.39 is 15.6 Å². The Morgan fingerprint density at radius 1 is 1.04 bits per heavy atom. The maximum atomic E-state index is 10.7. The summed E-state index contributed by atoms with van der Waals surface area (Å²) >= 11 is 0. The summed E-state index contributed by atoms with van der Waals surface area (Å²) in [4.78, 5) is 0. The SMILES string of the molecule is CCCCCCCCCC[N+]1=CC(CC)CC1.O=S(=O)([O-])C(F)(F)F. The third kappa shape index (κ3) is 12.4. The molecule has 1 unspecified atom stereocenters. The molecule has 0 amide bonds. The predicted molar refractivity (Wildman–Crippen MR) is 92.8 cm³/mol. The average molecular weight is 388 g/mol. The molecule has 150 valence electrons. The van der Waals surface area contributed by atoms with Crippen LogP contribution in [-0.2, 0) is 10.1 Å². The van der Waals surface area contributed by atoms with Gasteiger partial charge in [0, 0.05) is 18.8 Å². The highest BCUT2D eigenvalue weighted by atomic mass is 32.2. The van der Waals surface area contributed by atoms with Crippen LogP contribution < -0.4 is 0 Å². The highest BCUT2D eigenvalue weighted by molar-refractivity contribution is 7.86. The maximum Gasteiger partial charge on any atom is 0.485 e. The zero-order valence-corrected chi connectivity index (χ0v) is 16.2. The molecule has 1 rings (SSSR count). The number of rotatable bonds is 10. The van der Waals surface area contributed by atoms with Crippen LogP contribution in [-0.4, -0.2) is 42.4 Å². The van der Waals surface area contributed by atoms with E-state index in [1.165, 1.54) is 77.3 Å². The van der Waals surface area contributed by atoms with Gasteiger partial charge in [-0.2, -0.15) is 13.2 Å². The van der Waals surface area contributed by atoms with E-state index in [0.717, 1.165) is 5.92 Å². The molecule has 0 N–H and O–H groups in total. The van der Waals surface area contributed by atoms with Crippen LogP contribution in [0.15, 0.2) is 0 Å². The lowest BCUT2D eigenvalue weighted by atomic mass is 10.1. The van der Waals surface area contributed by atoms with Gasteiger partial charge in [-0.3, -0.25) is 0 Å². The number of alkyl halides is 3. The lowest BCUT2D eigenvalue weighted by molar-refractivity contribution is -0.516. The summed E-state index contributed by atoms with van der Waals surface area (Å²) in [6.45, 7) is 7.22. The molecule has 4 nitrogen and oxygen atoms in total. The summed E-state index contributed by atoms with van der Waals surface area (Å²) in [7, 11) is -6.09. The van der Waals surface area contributed by atoms with Crippen molar-refractivity contribution in [1.82, 2.24) is 0 Å². The summed E-state index contributed by atoms with van der Waals surface area (Å²) in [6.07, 6.45) is 16.7. The quantitative estimate of drug-likeness (QED) is 0.236. The Balaban J connectivity index is 0.000000609. The summed E-state index contributed by atoms with van der Waals surface area (Å²) in [5.41, 5.74) is -5.65. The minimum atomic E-state index is -6.09. The molecular weight excluding hydrogens is 355 g/mol. The molecule has 0 aromatic rings. The van der Waals surface area contributed by atoms with Gasteiger partial charge in [-0.05, 0) is 12.8 Å². The molecule has 1 heterocycles. The van der Waals surface area contributed by atoms with Crippen molar-refractivity contribution in [1.29, 1.82) is 0 Å². The third-order valence-corrected chi connectivity index (χ3v) is 4.88. The molecule has 0 aromatic heterocycles. The van der Waals surface area contributed by atoms with Crippen molar-refractivity contribution in [3.63, 3.8) is 0 Å². The van der Waals surface area contributed by atoms with E-state index in [9.17, 15) is 13.2 Å². The first kappa shape index (κ1) is 24.4. The lowest BCUT2D eigenvalue weighted by Gasteiger charge is -2.08. The number of nitrogens with zero attached hydrogens (tertiary/aromatic N) is 1. The van der Waals surface area contributed by atoms with Gasteiger partial charge in [0.05, 0.1) is 0 Å². The fourth-order valence-electron chi connectivity index (χ4n) is 2.72. The van der Waals surface area contributed by atoms with E-state index in [4.69, 9.17) is 13.0 Å². The number of unbranched alkanes of at least 4 members (excludes halogenated alkanes) is 7. The molecule has 0 fully saturated rings. The van der Waals surface area contributed by atoms with Gasteiger partial charge in [-0.15, -0.1) is 0 Å². The van der Waals surface area contributed by atoms with Crippen molar-refractivity contribution in [3.05, 3.63) is 0 Å². The fraction of sp³-hybridized carbons (Fsp3) is 0.941. The molecule has 0 aliphatic carbocycles. The highest BCUT2D eigenvalue weighted by Gasteiger charge is 2.36. The van der Waals surface area contributed by atoms with E-state index in [2.05, 4.69) is 24.6 Å². The Kier molecular flexibility index (Phi) is 12.4. The molecule has 1 aliphatic heterocycles. The molecule has 25 heavy (non-hydrogen) atoms. The maximum absolute atomic E-state index is 10.7. The summed E-state index contributed by atoms with van der Waals surface area (Å²) in [6, 6.07) is 0. The van der Waals surface area contributed by atoms with Crippen LogP contribution in [0.2, 0.25) is 0 Å². The van der Waals surface area contributed by atoms with Crippen LogP contribution in [0.5, 0.6) is 0 Å². The van der Waals surface area contributed by atoms with Crippen LogP contribution in [0.1, 0.15) is 78.1 Å². The van der Waals surface area contributed by atoms with E-state index in [-0.39, 0.29) is 0 Å². The van der Waals surface area contributed by atoms with Crippen molar-refractivity contribution in [3.8, 4) is 0 Å². The van der Waals surface area contributed by atoms with Gasteiger partial charge in [-0.25, -0.2) is 13.0 Å². The van der Waals surface area contributed by atoms with Crippen LogP contribution in [0, 0.1) is 5.92 Å². The normalized spacial score (nSPS) is 17.8. The number of hydrogen-bond donors (Lipinski definition) is 0. The number of halogens is 3. The third-order valence-electron chi connectivity index (χ3n) is 4.32. The smallest absolute Gasteiger partial charge is 0.485 e. The second kappa shape index (κ2) is 12.7. The van der Waals surface area contributed by atoms with Gasteiger partial charge >= 0.3 is 5.51 Å². The van der Waals surface area contributed by atoms with Gasteiger partial charge in [0.1, 0.15) is 19.3 Å². The summed E-state index contributed by atoms with van der Waals surface area (Å²) in [5.74, 6) is 0.879. The van der Waals surface area contributed by atoms with Crippen LogP contribution >= 0.6 is 0 Å². The Bertz CT molecular complexity index is 476. The zero-order chi connectivity index (χ0) is 19.3. The van der Waals surface area contributed by atoms with Gasteiger partial charge in [0.25, 0.3) is 0 Å². The standard InChI is InChI=1S/C16H32N.CHF3O3S/c1-3-5-6-7-8-9-10-11-13-17-14-12-16(4-2)15-17;2-1(3,4)8(5,6)7/h15-16H,3-14H2,1-2H3;(H,5,6,7)/q+1;/p-1. The van der Waals surface area contributed by atoms with Crippen molar-refractivity contribution in [2.45, 2.75) is 83.6 Å². The highest BCUT2D eigenvalue weighted by Crippen LogP contribution is 2.20. The molecule has 0 aromatic carbocycles. The van der Waals surface area contributed by atoms with Gasteiger partial charge in [0.15, 0.2) is 10.1 Å². The van der Waals surface area contributed by atoms with E-state index in [1.54, 1.807) is 0 Å². The first-order valence-corrected chi connectivity index (χ1v) is 10.6. The Labute approximate surface area is 150 Å². The predicted octanol–water partition coefficient (Wildman–Crippen LogP) is 4.69. The minimum Gasteiger partial charge on any atom is -0.741 e. The monoisotopic (exact) mass is 387 g/mol. The fourth-order valence-corrected chi connectivity index (χ4v) is 2.72. The Morgan fingerprint density at radius 3 is 1.92 bits per heavy atom. The summed E-state index contributed by atoms with van der Waals surface area (Å²) < 4.78 is 61.5. The van der Waals surface area contributed by atoms with Crippen molar-refractivity contribution >= 4 is 16.3 Å². The van der Waals surface area contributed by atoms with Gasteiger partial charge in [-0.1, -0.05) is 52.4 Å². The first-order chi connectivity index (χ1) is 11.6. The lowest BCUT2D eigenvalue weighted by Crippen LogP contribution is -2.21. The van der Waals surface area contributed by atoms with E-state index in [1.807, 2.05) is 0 Å². The van der Waals surface area contributed by atoms with Crippen LogP contribution in [0.25, 0.3) is 0 Å². The van der Waals surface area contributed by atoms with Gasteiger partial charge < -0.3 is 4.55 Å². The second-order valence-electron chi connectivity index (χ2n) is 6.52. The molecule has 8 heteroatoms. The van der Waals surface area contributed by atoms with Crippen molar-refractivity contribution < 1.29 is 30.7 Å². The van der Waals surface area contributed by atoms with Crippen molar-refractivity contribution in [2.24, 2.45) is 5.92 Å². The number of hydrogen-bond acceptors (Lipinski definition) is 3. The van der Waals surface area contributed by atoms with Crippen molar-refractivity contribution in [2.75, 3.05) is 13.1 Å². The largest absolute Gasteiger partial charge is 0.741 e. The van der Waals surface area contributed by atoms with E-state index >= 15 is 0 Å². The average Bonchev–Trinajstić information content (AvgIpc) is 2.96. The zero-order valence-electron chi connectivity index (χ0n) is 15.4. The molecule has 0 saturated heterocycles. The topological polar surface area (TPSA) is 60.2 Å². The molecule has 1 atom stereocenters. The second-order valence-corrected chi connectivity index (χ2v) is 7.89.